The first-order valence-electron chi connectivity index (χ1n) is 41.5. The predicted molar refractivity (Wildman–Crippen MR) is 405 cm³/mol. The fourth-order valence-corrected chi connectivity index (χ4v) is 13.9. The molecule has 0 bridgehead atoms. The number of rotatable bonds is 79. The van der Waals surface area contributed by atoms with Gasteiger partial charge < -0.3 is 33.8 Å². The van der Waals surface area contributed by atoms with Crippen molar-refractivity contribution < 1.29 is 80.2 Å². The van der Waals surface area contributed by atoms with Gasteiger partial charge in [-0.3, -0.25) is 37.3 Å². The van der Waals surface area contributed by atoms with Crippen LogP contribution >= 0.6 is 15.6 Å². The minimum atomic E-state index is -4.96. The Hall–Kier alpha value is -1.94. The molecular weight excluding hydrogens is 1290 g/mol. The van der Waals surface area contributed by atoms with Crippen LogP contribution in [0.25, 0.3) is 0 Å². The van der Waals surface area contributed by atoms with Crippen LogP contribution in [0.3, 0.4) is 0 Å². The number of ether oxygens (including phenoxy) is 4. The van der Waals surface area contributed by atoms with Crippen LogP contribution in [0.15, 0.2) is 0 Å². The normalized spacial score (nSPS) is 14.2. The number of aliphatic hydroxyl groups excluding tert-OH is 1. The van der Waals surface area contributed by atoms with Gasteiger partial charge >= 0.3 is 39.5 Å². The molecule has 0 saturated heterocycles. The maximum Gasteiger partial charge on any atom is 0.472 e. The lowest BCUT2D eigenvalue weighted by molar-refractivity contribution is -0.161. The molecule has 0 rings (SSSR count). The summed E-state index contributed by atoms with van der Waals surface area (Å²) in [5.41, 5.74) is 0. The van der Waals surface area contributed by atoms with Gasteiger partial charge in [0, 0.05) is 25.7 Å². The quantitative estimate of drug-likeness (QED) is 0.0222. The van der Waals surface area contributed by atoms with E-state index in [-0.39, 0.29) is 25.7 Å². The maximum atomic E-state index is 13.1. The van der Waals surface area contributed by atoms with Crippen molar-refractivity contribution in [3.8, 4) is 0 Å². The first kappa shape index (κ1) is 97.1. The van der Waals surface area contributed by atoms with Crippen LogP contribution < -0.4 is 0 Å². The van der Waals surface area contributed by atoms with Gasteiger partial charge in [-0.15, -0.1) is 0 Å². The summed E-state index contributed by atoms with van der Waals surface area (Å²) in [6.07, 6.45) is 60.9. The number of unbranched alkanes of at least 4 members (excludes halogenated alkanes) is 48. The second-order valence-corrected chi connectivity index (χ2v) is 32.4. The van der Waals surface area contributed by atoms with Crippen molar-refractivity contribution in [3.05, 3.63) is 0 Å². The number of hydrogen-bond acceptors (Lipinski definition) is 15. The Balaban J connectivity index is 5.20. The van der Waals surface area contributed by atoms with Crippen molar-refractivity contribution in [2.45, 2.75) is 439 Å². The summed E-state index contributed by atoms with van der Waals surface area (Å²) in [5.74, 6) is -0.479. The van der Waals surface area contributed by atoms with E-state index in [0.717, 1.165) is 102 Å². The van der Waals surface area contributed by atoms with Gasteiger partial charge in [0.1, 0.15) is 19.3 Å². The standard InChI is InChI=1S/C80H156O17P2/c1-7-10-12-14-16-18-20-31-38-44-50-56-62-77(82)90-68-75(96-79(84)64-58-52-46-40-32-21-19-17-15-13-11-8-2)70-94-98(86,87)92-66-74(81)67-93-99(88,89)95-71-76(69-91-78(83)63-57-51-45-39-35-34-36-42-48-54-60-72(4)5)97-80(85)65-59-53-47-41-33-29-27-25-23-22-24-26-28-30-37-43-49-55-61-73(6)9-3/h72-76,81H,7-71H2,1-6H3,(H,86,87)(H,88,89)/t73?,74-,75+,76+/m0/s1. The van der Waals surface area contributed by atoms with E-state index in [2.05, 4.69) is 41.5 Å². The molecule has 17 nitrogen and oxygen atoms in total. The van der Waals surface area contributed by atoms with Crippen molar-refractivity contribution in [1.82, 2.24) is 0 Å². The Labute approximate surface area is 607 Å². The van der Waals surface area contributed by atoms with Crippen LogP contribution in [0.4, 0.5) is 0 Å². The molecule has 0 aliphatic heterocycles. The predicted octanol–water partition coefficient (Wildman–Crippen LogP) is 23.9. The summed E-state index contributed by atoms with van der Waals surface area (Å²) < 4.78 is 68.7. The molecule has 0 heterocycles. The van der Waals surface area contributed by atoms with Crippen molar-refractivity contribution in [2.75, 3.05) is 39.6 Å². The fourth-order valence-electron chi connectivity index (χ4n) is 12.3. The second kappa shape index (κ2) is 71.7. The highest BCUT2D eigenvalue weighted by atomic mass is 31.2. The molecule has 3 unspecified atom stereocenters. The van der Waals surface area contributed by atoms with Crippen LogP contribution in [-0.2, 0) is 65.4 Å². The number of esters is 4. The first-order chi connectivity index (χ1) is 47.9. The van der Waals surface area contributed by atoms with E-state index in [1.54, 1.807) is 0 Å². The first-order valence-corrected chi connectivity index (χ1v) is 44.5. The van der Waals surface area contributed by atoms with E-state index in [1.165, 1.54) is 238 Å². The Morgan fingerprint density at radius 1 is 0.293 bits per heavy atom. The van der Waals surface area contributed by atoms with Gasteiger partial charge in [0.15, 0.2) is 12.2 Å². The van der Waals surface area contributed by atoms with Gasteiger partial charge in [-0.25, -0.2) is 9.13 Å². The molecule has 0 spiro atoms. The Morgan fingerprint density at radius 3 is 0.768 bits per heavy atom. The summed E-state index contributed by atoms with van der Waals surface area (Å²) >= 11 is 0. The van der Waals surface area contributed by atoms with E-state index >= 15 is 0 Å². The molecule has 19 heteroatoms. The fraction of sp³-hybridized carbons (Fsp3) is 0.950. The number of phosphoric acid groups is 2. The molecule has 588 valence electrons. The lowest BCUT2D eigenvalue weighted by Gasteiger charge is -2.21. The van der Waals surface area contributed by atoms with E-state index in [1.807, 2.05) is 0 Å². The number of carbonyl (C=O) groups excluding carboxylic acids is 4. The molecule has 0 saturated carbocycles. The van der Waals surface area contributed by atoms with Gasteiger partial charge in [0.05, 0.1) is 26.4 Å². The molecule has 0 fully saturated rings. The molecule has 0 aromatic rings. The lowest BCUT2D eigenvalue weighted by atomic mass is 9.99. The smallest absolute Gasteiger partial charge is 0.462 e. The Bertz CT molecular complexity index is 1910. The Morgan fingerprint density at radius 2 is 0.515 bits per heavy atom. The SMILES string of the molecule is CCCCCCCCCCCCCCC(=O)OC[C@H](COP(=O)(O)OC[C@H](O)COP(=O)(O)OC[C@@H](COC(=O)CCCCCCCCCCCCC(C)C)OC(=O)CCCCCCCCCCCCCCCCCCCCC(C)CC)OC(=O)CCCCCCCCCCCCCC. The van der Waals surface area contributed by atoms with Crippen LogP contribution in [0, 0.1) is 11.8 Å². The zero-order valence-corrected chi connectivity index (χ0v) is 66.6. The molecule has 3 N–H and O–H groups in total. The lowest BCUT2D eigenvalue weighted by Crippen LogP contribution is -2.30. The maximum absolute atomic E-state index is 13.1. The largest absolute Gasteiger partial charge is 0.472 e. The highest BCUT2D eigenvalue weighted by molar-refractivity contribution is 7.47. The van der Waals surface area contributed by atoms with E-state index in [4.69, 9.17) is 37.0 Å². The van der Waals surface area contributed by atoms with E-state index in [9.17, 15) is 43.2 Å². The van der Waals surface area contributed by atoms with Crippen molar-refractivity contribution >= 4 is 39.5 Å². The van der Waals surface area contributed by atoms with Crippen LogP contribution in [0.1, 0.15) is 420 Å². The van der Waals surface area contributed by atoms with Crippen molar-refractivity contribution in [3.63, 3.8) is 0 Å². The number of carbonyl (C=O) groups is 4. The molecule has 99 heavy (non-hydrogen) atoms. The van der Waals surface area contributed by atoms with E-state index < -0.39 is 97.5 Å². The van der Waals surface area contributed by atoms with Gasteiger partial charge in [-0.1, -0.05) is 369 Å². The third-order valence-electron chi connectivity index (χ3n) is 19.1. The number of hydrogen-bond donors (Lipinski definition) is 3. The Kier molecular flexibility index (Phi) is 70.3. The molecule has 6 atom stereocenters. The highest BCUT2D eigenvalue weighted by Gasteiger charge is 2.30. The highest BCUT2D eigenvalue weighted by Crippen LogP contribution is 2.45. The molecule has 0 aliphatic rings. The van der Waals surface area contributed by atoms with Gasteiger partial charge in [0.2, 0.25) is 0 Å². The van der Waals surface area contributed by atoms with Crippen LogP contribution in [-0.4, -0.2) is 96.7 Å². The average Bonchev–Trinajstić information content (AvgIpc) is 0.979. The van der Waals surface area contributed by atoms with Crippen molar-refractivity contribution in [1.29, 1.82) is 0 Å². The zero-order valence-electron chi connectivity index (χ0n) is 64.8. The molecule has 0 radical (unpaired) electrons. The zero-order chi connectivity index (χ0) is 72.8. The van der Waals surface area contributed by atoms with Crippen molar-refractivity contribution in [2.24, 2.45) is 11.8 Å². The van der Waals surface area contributed by atoms with Gasteiger partial charge in [-0.2, -0.15) is 0 Å². The van der Waals surface area contributed by atoms with E-state index in [0.29, 0.717) is 25.7 Å². The van der Waals surface area contributed by atoms with Crippen LogP contribution in [0.2, 0.25) is 0 Å². The second-order valence-electron chi connectivity index (χ2n) is 29.5. The third kappa shape index (κ3) is 72.8. The minimum absolute atomic E-state index is 0.108. The monoisotopic (exact) mass is 1450 g/mol. The van der Waals surface area contributed by atoms with Gasteiger partial charge in [-0.05, 0) is 37.5 Å². The summed E-state index contributed by atoms with van der Waals surface area (Å²) in [6, 6.07) is 0. The number of phosphoric ester groups is 2. The summed E-state index contributed by atoms with van der Waals surface area (Å²) in [6.45, 7) is 9.69. The summed E-state index contributed by atoms with van der Waals surface area (Å²) in [4.78, 5) is 72.9. The topological polar surface area (TPSA) is 237 Å². The van der Waals surface area contributed by atoms with Crippen LogP contribution in [0.5, 0.6) is 0 Å². The molecule has 0 aromatic carbocycles. The summed E-state index contributed by atoms with van der Waals surface area (Å²) in [5, 5.41) is 10.6. The third-order valence-corrected chi connectivity index (χ3v) is 21.0. The molecule has 0 amide bonds. The number of aliphatic hydroxyl groups is 1. The molecular formula is C80H156O17P2. The average molecular weight is 1450 g/mol. The molecule has 0 aromatic heterocycles. The van der Waals surface area contributed by atoms with Gasteiger partial charge in [0.25, 0.3) is 0 Å². The molecule has 0 aliphatic carbocycles. The minimum Gasteiger partial charge on any atom is -0.462 e. The summed E-state index contributed by atoms with van der Waals surface area (Å²) in [7, 11) is -9.92.